The molecule has 186 valence electrons. The molecule has 0 unspecified atom stereocenters. The van der Waals surface area contributed by atoms with E-state index < -0.39 is 0 Å². The van der Waals surface area contributed by atoms with Crippen molar-refractivity contribution in [3.63, 3.8) is 0 Å². The molecule has 1 aromatic heterocycles. The highest BCUT2D eigenvalue weighted by molar-refractivity contribution is 6.10. The molecule has 0 fully saturated rings. The number of aromatic nitrogens is 1. The maximum atomic E-state index is 11.7. The molecule has 0 radical (unpaired) electrons. The number of carbonyl (C=O) groups is 2. The maximum absolute atomic E-state index is 11.7. The van der Waals surface area contributed by atoms with Crippen molar-refractivity contribution < 1.29 is 9.59 Å². The summed E-state index contributed by atoms with van der Waals surface area (Å²) in [4.78, 5) is 23.5. The van der Waals surface area contributed by atoms with Crippen LogP contribution >= 0.6 is 0 Å². The Morgan fingerprint density at radius 3 is 1.41 bits per heavy atom. The summed E-state index contributed by atoms with van der Waals surface area (Å²) in [6.45, 7) is 6.44. The van der Waals surface area contributed by atoms with E-state index in [1.807, 2.05) is 48.5 Å². The van der Waals surface area contributed by atoms with Crippen LogP contribution in [0.1, 0.15) is 67.2 Å². The van der Waals surface area contributed by atoms with E-state index >= 15 is 0 Å². The molecule has 0 aliphatic carbocycles. The summed E-state index contributed by atoms with van der Waals surface area (Å²) in [6.07, 6.45) is 4.89. The van der Waals surface area contributed by atoms with Crippen LogP contribution in [0.15, 0.2) is 84.9 Å². The van der Waals surface area contributed by atoms with E-state index in [1.54, 1.807) is 13.8 Å². The quantitative estimate of drug-likeness (QED) is 0.154. The lowest BCUT2D eigenvalue weighted by Crippen LogP contribution is -1.97. The summed E-state index contributed by atoms with van der Waals surface area (Å²) in [5.74, 6) is 0.161. The first-order valence-corrected chi connectivity index (χ1v) is 13.2. The van der Waals surface area contributed by atoms with E-state index in [0.29, 0.717) is 0 Å². The predicted octanol–water partition coefficient (Wildman–Crippen LogP) is 9.11. The Morgan fingerprint density at radius 2 is 1.00 bits per heavy atom. The van der Waals surface area contributed by atoms with Gasteiger partial charge in [-0.25, -0.2) is 0 Å². The second-order valence-corrected chi connectivity index (χ2v) is 9.94. The van der Waals surface area contributed by atoms with Gasteiger partial charge in [0, 0.05) is 39.5 Å². The lowest BCUT2D eigenvalue weighted by molar-refractivity contribution is 0.100. The number of ketones is 2. The molecule has 0 bridgehead atoms. The minimum atomic E-state index is 0.0806. The molecule has 0 aliphatic rings. The van der Waals surface area contributed by atoms with Crippen LogP contribution in [0.4, 0.5) is 0 Å². The molecule has 0 saturated carbocycles. The molecule has 0 N–H and O–H groups in total. The first-order valence-electron chi connectivity index (χ1n) is 13.2. The Hall–Kier alpha value is -3.98. The number of hydrogen-bond donors (Lipinski definition) is 0. The monoisotopic (exact) mass is 487 g/mol. The maximum Gasteiger partial charge on any atom is 0.159 e. The summed E-state index contributed by atoms with van der Waals surface area (Å²) in [5, 5.41) is 2.47. The molecule has 4 aromatic carbocycles. The van der Waals surface area contributed by atoms with Crippen LogP contribution < -0.4 is 0 Å². The SMILES string of the molecule is CCCCCCn1c2ccc(-c3ccc(C(C)=O)cc3)cc2c2cc(-c3ccc(C(C)=O)cc3)ccc21. The third-order valence-corrected chi connectivity index (χ3v) is 7.35. The molecule has 0 saturated heterocycles. The lowest BCUT2D eigenvalue weighted by atomic mass is 9.98. The van der Waals surface area contributed by atoms with Gasteiger partial charge in [0.1, 0.15) is 0 Å². The number of hydrogen-bond acceptors (Lipinski definition) is 2. The average molecular weight is 488 g/mol. The highest BCUT2D eigenvalue weighted by Crippen LogP contribution is 2.36. The molecule has 1 heterocycles. The van der Waals surface area contributed by atoms with Gasteiger partial charge >= 0.3 is 0 Å². The number of carbonyl (C=O) groups excluding carboxylic acids is 2. The molecular formula is C34H33NO2. The summed E-state index contributed by atoms with van der Waals surface area (Å²) in [5.41, 5.74) is 8.45. The highest BCUT2D eigenvalue weighted by Gasteiger charge is 2.14. The first kappa shape index (κ1) is 24.7. The van der Waals surface area contributed by atoms with Crippen LogP contribution in [0.25, 0.3) is 44.1 Å². The van der Waals surface area contributed by atoms with Crippen molar-refractivity contribution in [3.05, 3.63) is 96.1 Å². The van der Waals surface area contributed by atoms with Gasteiger partial charge in [0.2, 0.25) is 0 Å². The van der Waals surface area contributed by atoms with Crippen molar-refractivity contribution in [2.75, 3.05) is 0 Å². The third kappa shape index (κ3) is 4.99. The molecule has 5 aromatic rings. The molecule has 0 amide bonds. The lowest BCUT2D eigenvalue weighted by Gasteiger charge is -2.09. The number of aryl methyl sites for hydroxylation is 1. The largest absolute Gasteiger partial charge is 0.340 e. The number of rotatable bonds is 9. The number of unbranched alkanes of at least 4 members (excludes halogenated alkanes) is 3. The molecule has 3 nitrogen and oxygen atoms in total. The summed E-state index contributed by atoms with van der Waals surface area (Å²) < 4.78 is 2.46. The Kier molecular flexibility index (Phi) is 7.05. The van der Waals surface area contributed by atoms with Gasteiger partial charge < -0.3 is 4.57 Å². The van der Waals surface area contributed by atoms with Crippen molar-refractivity contribution in [1.29, 1.82) is 0 Å². The minimum Gasteiger partial charge on any atom is -0.340 e. The Balaban J connectivity index is 1.62. The van der Waals surface area contributed by atoms with Crippen molar-refractivity contribution in [2.45, 2.75) is 53.0 Å². The van der Waals surface area contributed by atoms with Crippen molar-refractivity contribution in [2.24, 2.45) is 0 Å². The molecule has 5 rings (SSSR count). The fourth-order valence-electron chi connectivity index (χ4n) is 5.20. The standard InChI is InChI=1S/C34H33NO2/c1-4-5-6-7-20-35-33-18-16-29(27-12-8-25(9-13-27)23(2)36)21-31(33)32-22-30(17-19-34(32)35)28-14-10-26(11-15-28)24(3)37/h8-19,21-22H,4-7,20H2,1-3H3. The van der Waals surface area contributed by atoms with E-state index in [-0.39, 0.29) is 11.6 Å². The van der Waals surface area contributed by atoms with Gasteiger partial charge in [-0.05, 0) is 66.8 Å². The Bertz CT molecular complexity index is 1470. The highest BCUT2D eigenvalue weighted by atomic mass is 16.1. The summed E-state index contributed by atoms with van der Waals surface area (Å²) in [7, 11) is 0. The van der Waals surface area contributed by atoms with Crippen molar-refractivity contribution >= 4 is 33.4 Å². The van der Waals surface area contributed by atoms with E-state index in [1.165, 1.54) is 41.1 Å². The molecule has 37 heavy (non-hydrogen) atoms. The zero-order valence-electron chi connectivity index (χ0n) is 21.9. The summed E-state index contributed by atoms with van der Waals surface area (Å²) in [6, 6.07) is 29.2. The molecule has 0 aliphatic heterocycles. The first-order chi connectivity index (χ1) is 18.0. The predicted molar refractivity (Wildman–Crippen MR) is 154 cm³/mol. The smallest absolute Gasteiger partial charge is 0.159 e. The Morgan fingerprint density at radius 1 is 0.568 bits per heavy atom. The van der Waals surface area contributed by atoms with Gasteiger partial charge in [-0.15, -0.1) is 0 Å². The van der Waals surface area contributed by atoms with Crippen LogP contribution in [0.3, 0.4) is 0 Å². The number of nitrogens with zero attached hydrogens (tertiary/aromatic N) is 1. The molecule has 0 atom stereocenters. The van der Waals surface area contributed by atoms with E-state index in [2.05, 4.69) is 47.9 Å². The van der Waals surface area contributed by atoms with Crippen molar-refractivity contribution in [3.8, 4) is 22.3 Å². The molecule has 3 heteroatoms. The van der Waals surface area contributed by atoms with Gasteiger partial charge in [-0.1, -0.05) is 86.8 Å². The molecular weight excluding hydrogens is 454 g/mol. The third-order valence-electron chi connectivity index (χ3n) is 7.35. The van der Waals surface area contributed by atoms with E-state index in [0.717, 1.165) is 46.3 Å². The van der Waals surface area contributed by atoms with Crippen LogP contribution in [0, 0.1) is 0 Å². The van der Waals surface area contributed by atoms with Gasteiger partial charge in [0.25, 0.3) is 0 Å². The fourth-order valence-corrected chi connectivity index (χ4v) is 5.20. The fraction of sp³-hybridized carbons (Fsp3) is 0.235. The van der Waals surface area contributed by atoms with Gasteiger partial charge in [0.15, 0.2) is 11.6 Å². The van der Waals surface area contributed by atoms with Gasteiger partial charge in [-0.3, -0.25) is 9.59 Å². The van der Waals surface area contributed by atoms with Crippen molar-refractivity contribution in [1.82, 2.24) is 4.57 Å². The zero-order chi connectivity index (χ0) is 25.9. The topological polar surface area (TPSA) is 39.1 Å². The van der Waals surface area contributed by atoms with Crippen LogP contribution in [0.5, 0.6) is 0 Å². The van der Waals surface area contributed by atoms with Crippen LogP contribution in [-0.4, -0.2) is 16.1 Å². The zero-order valence-corrected chi connectivity index (χ0v) is 21.9. The second-order valence-electron chi connectivity index (χ2n) is 9.94. The number of fused-ring (bicyclic) bond motifs is 3. The normalized spacial score (nSPS) is 11.3. The minimum absolute atomic E-state index is 0.0806. The van der Waals surface area contributed by atoms with Crippen LogP contribution in [-0.2, 0) is 6.54 Å². The van der Waals surface area contributed by atoms with E-state index in [4.69, 9.17) is 0 Å². The van der Waals surface area contributed by atoms with Gasteiger partial charge in [0.05, 0.1) is 0 Å². The molecule has 0 spiro atoms. The van der Waals surface area contributed by atoms with Gasteiger partial charge in [-0.2, -0.15) is 0 Å². The van der Waals surface area contributed by atoms with Crippen LogP contribution in [0.2, 0.25) is 0 Å². The number of benzene rings is 4. The Labute approximate surface area is 218 Å². The summed E-state index contributed by atoms with van der Waals surface area (Å²) >= 11 is 0. The van der Waals surface area contributed by atoms with E-state index in [9.17, 15) is 9.59 Å². The second kappa shape index (κ2) is 10.6. The number of Topliss-reactive ketones (excluding diaryl/α,β-unsaturated/α-hetero) is 2. The average Bonchev–Trinajstić information content (AvgIpc) is 3.23.